The van der Waals surface area contributed by atoms with Crippen LogP contribution in [0.4, 0.5) is 5.69 Å². The highest BCUT2D eigenvalue weighted by Crippen LogP contribution is 2.20. The molecule has 0 aliphatic heterocycles. The number of aromatic nitrogens is 4. The van der Waals surface area contributed by atoms with Crippen molar-refractivity contribution in [3.05, 3.63) is 80.2 Å². The van der Waals surface area contributed by atoms with Crippen LogP contribution in [0.3, 0.4) is 0 Å². The van der Waals surface area contributed by atoms with Crippen molar-refractivity contribution in [3.8, 4) is 11.4 Å². The molecule has 158 valence electrons. The zero-order valence-electron chi connectivity index (χ0n) is 16.9. The Labute approximate surface area is 188 Å². The molecule has 1 N–H and O–H groups in total. The summed E-state index contributed by atoms with van der Waals surface area (Å²) in [5, 5.41) is 8.34. The van der Waals surface area contributed by atoms with Crippen LogP contribution in [0.2, 0.25) is 10.0 Å². The van der Waals surface area contributed by atoms with Crippen molar-refractivity contribution in [3.63, 3.8) is 0 Å². The van der Waals surface area contributed by atoms with Crippen LogP contribution in [-0.2, 0) is 18.3 Å². The van der Waals surface area contributed by atoms with E-state index in [2.05, 4.69) is 15.4 Å². The van der Waals surface area contributed by atoms with Gasteiger partial charge in [-0.2, -0.15) is 9.50 Å². The highest BCUT2D eigenvalue weighted by atomic mass is 35.5. The Kier molecular flexibility index (Phi) is 5.80. The van der Waals surface area contributed by atoms with Crippen molar-refractivity contribution in [1.29, 1.82) is 0 Å². The number of amides is 1. The lowest BCUT2D eigenvalue weighted by molar-refractivity contribution is -0.116. The summed E-state index contributed by atoms with van der Waals surface area (Å²) in [4.78, 5) is 30.0. The first-order valence-electron chi connectivity index (χ1n) is 9.60. The number of benzene rings is 2. The first-order chi connectivity index (χ1) is 14.8. The van der Waals surface area contributed by atoms with Gasteiger partial charge in [0.2, 0.25) is 11.7 Å². The van der Waals surface area contributed by atoms with Crippen LogP contribution in [-0.4, -0.2) is 25.1 Å². The maximum Gasteiger partial charge on any atom is 0.279 e. The molecular weight excluding hydrogens is 437 g/mol. The van der Waals surface area contributed by atoms with Crippen molar-refractivity contribution in [2.45, 2.75) is 19.8 Å². The van der Waals surface area contributed by atoms with Crippen LogP contribution in [0.15, 0.2) is 53.3 Å². The third kappa shape index (κ3) is 4.33. The van der Waals surface area contributed by atoms with Crippen LogP contribution in [0.1, 0.15) is 17.7 Å². The summed E-state index contributed by atoms with van der Waals surface area (Å²) in [6.45, 7) is 1.84. The SMILES string of the molecule is Cc1c(CCC(=O)Nc2cccc(Cl)c2)c(=O)n2nc(-c3ccc(Cl)cc3)nc2n1C. The Morgan fingerprint density at radius 1 is 1.10 bits per heavy atom. The number of fused-ring (bicyclic) bond motifs is 1. The third-order valence-corrected chi connectivity index (χ3v) is 5.58. The van der Waals surface area contributed by atoms with Crippen molar-refractivity contribution in [2.75, 3.05) is 5.32 Å². The lowest BCUT2D eigenvalue weighted by Gasteiger charge is -2.11. The van der Waals surface area contributed by atoms with Crippen LogP contribution < -0.4 is 10.9 Å². The molecule has 0 atom stereocenters. The molecule has 0 unspecified atom stereocenters. The predicted octanol–water partition coefficient (Wildman–Crippen LogP) is 4.28. The van der Waals surface area contributed by atoms with Gasteiger partial charge in [0.1, 0.15) is 0 Å². The zero-order valence-corrected chi connectivity index (χ0v) is 18.4. The fraction of sp³-hybridized carbons (Fsp3) is 0.182. The van der Waals surface area contributed by atoms with Gasteiger partial charge in [0, 0.05) is 46.0 Å². The summed E-state index contributed by atoms with van der Waals surface area (Å²) in [5.41, 5.74) is 2.34. The molecule has 0 saturated heterocycles. The molecule has 2 heterocycles. The molecule has 0 bridgehead atoms. The average Bonchev–Trinajstić information content (AvgIpc) is 3.18. The molecule has 0 aliphatic carbocycles. The molecule has 0 spiro atoms. The number of carbonyl (C=O) groups excluding carboxylic acids is 1. The Morgan fingerprint density at radius 3 is 2.55 bits per heavy atom. The third-order valence-electron chi connectivity index (χ3n) is 5.09. The molecule has 4 rings (SSSR count). The summed E-state index contributed by atoms with van der Waals surface area (Å²) in [7, 11) is 1.82. The van der Waals surface area contributed by atoms with Gasteiger partial charge in [0.25, 0.3) is 5.56 Å². The Balaban J connectivity index is 1.61. The fourth-order valence-electron chi connectivity index (χ4n) is 3.33. The maximum atomic E-state index is 13.1. The zero-order chi connectivity index (χ0) is 22.1. The molecule has 7 nitrogen and oxygen atoms in total. The summed E-state index contributed by atoms with van der Waals surface area (Å²) in [6.07, 6.45) is 0.420. The van der Waals surface area contributed by atoms with E-state index < -0.39 is 0 Å². The maximum absolute atomic E-state index is 13.1. The first-order valence-corrected chi connectivity index (χ1v) is 10.4. The molecule has 31 heavy (non-hydrogen) atoms. The van der Waals surface area contributed by atoms with Gasteiger partial charge >= 0.3 is 0 Å². The molecular formula is C22H19Cl2N5O2. The normalized spacial score (nSPS) is 11.1. The van der Waals surface area contributed by atoms with E-state index in [4.69, 9.17) is 23.2 Å². The van der Waals surface area contributed by atoms with E-state index in [0.29, 0.717) is 32.9 Å². The monoisotopic (exact) mass is 455 g/mol. The molecule has 2 aromatic carbocycles. The van der Waals surface area contributed by atoms with Crippen LogP contribution in [0.25, 0.3) is 17.2 Å². The lowest BCUT2D eigenvalue weighted by atomic mass is 10.1. The van der Waals surface area contributed by atoms with Gasteiger partial charge in [-0.3, -0.25) is 9.59 Å². The molecule has 0 aliphatic rings. The van der Waals surface area contributed by atoms with Gasteiger partial charge < -0.3 is 9.88 Å². The van der Waals surface area contributed by atoms with E-state index in [1.54, 1.807) is 53.1 Å². The van der Waals surface area contributed by atoms with E-state index >= 15 is 0 Å². The molecule has 0 saturated carbocycles. The Hall–Kier alpha value is -3.16. The molecule has 2 aromatic heterocycles. The summed E-state index contributed by atoms with van der Waals surface area (Å²) >= 11 is 11.9. The molecule has 1 amide bonds. The Morgan fingerprint density at radius 2 is 1.84 bits per heavy atom. The second-order valence-electron chi connectivity index (χ2n) is 7.14. The number of halogens is 2. The smallest absolute Gasteiger partial charge is 0.279 e. The van der Waals surface area contributed by atoms with Crippen molar-refractivity contribution < 1.29 is 4.79 Å². The van der Waals surface area contributed by atoms with Gasteiger partial charge in [-0.1, -0.05) is 29.3 Å². The van der Waals surface area contributed by atoms with Gasteiger partial charge in [-0.15, -0.1) is 5.10 Å². The molecule has 9 heteroatoms. The second kappa shape index (κ2) is 8.53. The van der Waals surface area contributed by atoms with Crippen molar-refractivity contribution >= 4 is 40.6 Å². The highest BCUT2D eigenvalue weighted by molar-refractivity contribution is 6.31. The fourth-order valence-corrected chi connectivity index (χ4v) is 3.65. The number of nitrogens with one attached hydrogen (secondary N) is 1. The van der Waals surface area contributed by atoms with Crippen LogP contribution in [0.5, 0.6) is 0 Å². The van der Waals surface area contributed by atoms with E-state index in [1.165, 1.54) is 4.52 Å². The van der Waals surface area contributed by atoms with Crippen LogP contribution >= 0.6 is 23.2 Å². The lowest BCUT2D eigenvalue weighted by Crippen LogP contribution is -2.26. The number of nitrogens with zero attached hydrogens (tertiary/aromatic N) is 4. The van der Waals surface area contributed by atoms with Gasteiger partial charge in [-0.05, 0) is 55.8 Å². The van der Waals surface area contributed by atoms with Gasteiger partial charge in [0.05, 0.1) is 0 Å². The first kappa shape index (κ1) is 21.1. The van der Waals surface area contributed by atoms with Crippen molar-refractivity contribution in [1.82, 2.24) is 19.2 Å². The average molecular weight is 456 g/mol. The number of aryl methyl sites for hydroxylation is 1. The van der Waals surface area contributed by atoms with E-state index in [0.717, 1.165) is 11.3 Å². The summed E-state index contributed by atoms with van der Waals surface area (Å²) in [6, 6.07) is 14.0. The molecule has 0 radical (unpaired) electrons. The standard InChI is InChI=1S/C22H19Cl2N5O2/c1-13-18(10-11-19(30)25-17-5-3-4-16(24)12-17)21(31)29-22(28(13)2)26-20(27-29)14-6-8-15(23)9-7-14/h3-9,12H,10-11H2,1-2H3,(H,25,30). The summed E-state index contributed by atoms with van der Waals surface area (Å²) in [5.74, 6) is 0.656. The minimum atomic E-state index is -0.283. The van der Waals surface area contributed by atoms with E-state index in [-0.39, 0.29) is 24.3 Å². The van der Waals surface area contributed by atoms with E-state index in [9.17, 15) is 9.59 Å². The summed E-state index contributed by atoms with van der Waals surface area (Å²) < 4.78 is 3.08. The predicted molar refractivity (Wildman–Crippen MR) is 122 cm³/mol. The number of anilines is 1. The molecule has 0 fully saturated rings. The topological polar surface area (TPSA) is 81.3 Å². The van der Waals surface area contributed by atoms with Crippen LogP contribution in [0, 0.1) is 6.92 Å². The second-order valence-corrected chi connectivity index (χ2v) is 8.01. The highest BCUT2D eigenvalue weighted by Gasteiger charge is 2.18. The number of hydrogen-bond donors (Lipinski definition) is 1. The molecule has 4 aromatic rings. The minimum absolute atomic E-state index is 0.146. The quantitative estimate of drug-likeness (QED) is 0.486. The van der Waals surface area contributed by atoms with Gasteiger partial charge in [-0.25, -0.2) is 0 Å². The van der Waals surface area contributed by atoms with Gasteiger partial charge in [0.15, 0.2) is 5.82 Å². The van der Waals surface area contributed by atoms with Crippen molar-refractivity contribution in [2.24, 2.45) is 7.05 Å². The minimum Gasteiger partial charge on any atom is -0.326 e. The number of hydrogen-bond acceptors (Lipinski definition) is 4. The number of carbonyl (C=O) groups is 1. The Bertz CT molecular complexity index is 1340. The largest absolute Gasteiger partial charge is 0.326 e. The van der Waals surface area contributed by atoms with E-state index in [1.807, 2.05) is 14.0 Å². The number of rotatable bonds is 5.